The molecule has 1 fully saturated rings. The molecule has 0 radical (unpaired) electrons. The zero-order chi connectivity index (χ0) is 33.8. The third-order valence-electron chi connectivity index (χ3n) is 8.05. The van der Waals surface area contributed by atoms with Gasteiger partial charge in [-0.1, -0.05) is 84.8 Å². The second-order valence-corrected chi connectivity index (χ2v) is 13.6. The van der Waals surface area contributed by atoms with Gasteiger partial charge in [0.2, 0.25) is 5.13 Å². The Balaban J connectivity index is 1.44. The van der Waals surface area contributed by atoms with Crippen LogP contribution in [0.1, 0.15) is 67.2 Å². The number of ketones is 1. The fourth-order valence-corrected chi connectivity index (χ4v) is 7.50. The number of Topliss-reactive ketones (excluding diaryl/α,β-unsaturated/α-hetero) is 1. The minimum absolute atomic E-state index is 0.0723. The topological polar surface area (TPSA) is 119 Å². The largest absolute Gasteiger partial charge is 0.505 e. The van der Waals surface area contributed by atoms with E-state index in [1.54, 1.807) is 35.7 Å². The first-order valence-electron chi connectivity index (χ1n) is 16.0. The Bertz CT molecular complexity index is 1980. The van der Waals surface area contributed by atoms with Crippen LogP contribution in [0.3, 0.4) is 0 Å². The second-order valence-electron chi connectivity index (χ2n) is 11.5. The van der Waals surface area contributed by atoms with E-state index in [2.05, 4.69) is 46.4 Å². The summed E-state index contributed by atoms with van der Waals surface area (Å²) >= 11 is 2.72. The number of amides is 1. The molecule has 0 aliphatic carbocycles. The molecule has 1 aliphatic rings. The van der Waals surface area contributed by atoms with Gasteiger partial charge >= 0.3 is 5.91 Å². The van der Waals surface area contributed by atoms with Gasteiger partial charge in [0.25, 0.3) is 5.78 Å². The van der Waals surface area contributed by atoms with Crippen molar-refractivity contribution < 1.29 is 24.2 Å². The Morgan fingerprint density at radius 2 is 1.79 bits per heavy atom. The van der Waals surface area contributed by atoms with E-state index in [0.717, 1.165) is 24.8 Å². The Hall–Kier alpha value is -4.68. The predicted molar refractivity (Wildman–Crippen MR) is 188 cm³/mol. The molecular weight excluding hydrogens is 647 g/mol. The number of hydrogen-bond acceptors (Lipinski definition) is 10. The Labute approximate surface area is 287 Å². The molecule has 2 aromatic carbocycles. The first-order valence-corrected chi connectivity index (χ1v) is 17.8. The van der Waals surface area contributed by atoms with Gasteiger partial charge in [0.1, 0.15) is 11.3 Å². The van der Waals surface area contributed by atoms with Gasteiger partial charge in [-0.05, 0) is 62.6 Å². The Morgan fingerprint density at radius 1 is 0.979 bits per heavy atom. The molecule has 5 aromatic rings. The fourth-order valence-electron chi connectivity index (χ4n) is 5.68. The van der Waals surface area contributed by atoms with Gasteiger partial charge in [0, 0.05) is 11.9 Å². The molecule has 1 unspecified atom stereocenters. The molecule has 1 N–H and O–H groups in total. The first-order chi connectivity index (χ1) is 23.3. The van der Waals surface area contributed by atoms with E-state index in [1.165, 1.54) is 33.6 Å². The number of rotatable bonds is 13. The van der Waals surface area contributed by atoms with E-state index in [-0.39, 0.29) is 16.5 Å². The van der Waals surface area contributed by atoms with E-state index in [9.17, 15) is 14.7 Å². The second kappa shape index (κ2) is 14.6. The molecule has 248 valence electrons. The van der Waals surface area contributed by atoms with Gasteiger partial charge in [-0.3, -0.25) is 18.9 Å². The number of hydrogen-bond donors (Lipinski definition) is 1. The normalized spacial score (nSPS) is 15.8. The van der Waals surface area contributed by atoms with Crippen molar-refractivity contribution >= 4 is 51.3 Å². The molecule has 3 aromatic heterocycles. The van der Waals surface area contributed by atoms with Crippen LogP contribution in [0.15, 0.2) is 76.8 Å². The lowest BCUT2D eigenvalue weighted by Crippen LogP contribution is -2.29. The predicted octanol–water partition coefficient (Wildman–Crippen LogP) is 7.69. The smallest absolute Gasteiger partial charge is 0.301 e. The lowest BCUT2D eigenvalue weighted by atomic mass is 9.96. The third-order valence-corrected chi connectivity index (χ3v) is 10.2. The number of aliphatic hydroxyl groups is 1. The SMILES string of the molecule is CCCCCOc1ccc(C2C(=C(O)c3c(C)nc4ccccn34)C(=O)C(=O)N2c2nnc(SCc3ccc(C)cc3)s2)cc1OCC. The highest BCUT2D eigenvalue weighted by Gasteiger charge is 2.49. The molecule has 1 amide bonds. The molecule has 12 heteroatoms. The summed E-state index contributed by atoms with van der Waals surface area (Å²) in [7, 11) is 0. The molecule has 0 spiro atoms. The zero-order valence-electron chi connectivity index (χ0n) is 27.3. The standard InChI is InChI=1S/C36H37N5O5S2/c1-5-7-10-19-46-26-17-16-25(20-27(26)45-6-2)31-29(32(42)30-23(4)37-28-11-8-9-18-40(28)30)33(43)34(44)41(31)35-38-39-36(48-35)47-21-24-14-12-22(3)13-15-24/h8-9,11-18,20,31,42H,5-7,10,19,21H2,1-4H3. The molecule has 1 atom stereocenters. The lowest BCUT2D eigenvalue weighted by molar-refractivity contribution is -0.132. The quantitative estimate of drug-likeness (QED) is 0.0333. The van der Waals surface area contributed by atoms with Crippen LogP contribution < -0.4 is 14.4 Å². The summed E-state index contributed by atoms with van der Waals surface area (Å²) in [6.07, 6.45) is 4.79. The number of aryl methyl sites for hydroxylation is 2. The summed E-state index contributed by atoms with van der Waals surface area (Å²) in [5, 5.41) is 20.9. The number of aromatic nitrogens is 4. The van der Waals surface area contributed by atoms with Crippen LogP contribution in [0.4, 0.5) is 5.13 Å². The highest BCUT2D eigenvalue weighted by atomic mass is 32.2. The van der Waals surface area contributed by atoms with Crippen molar-refractivity contribution in [2.75, 3.05) is 18.1 Å². The number of carbonyl (C=O) groups is 2. The Morgan fingerprint density at radius 3 is 2.56 bits per heavy atom. The van der Waals surface area contributed by atoms with Crippen LogP contribution in [0.25, 0.3) is 11.4 Å². The number of nitrogens with zero attached hydrogens (tertiary/aromatic N) is 5. The fraction of sp³-hybridized carbons (Fsp3) is 0.306. The average Bonchev–Trinajstić information content (AvgIpc) is 3.76. The molecule has 1 aliphatic heterocycles. The van der Waals surface area contributed by atoms with Crippen molar-refractivity contribution in [3.63, 3.8) is 0 Å². The number of fused-ring (bicyclic) bond motifs is 1. The number of ether oxygens (including phenoxy) is 2. The number of aliphatic hydroxyl groups excluding tert-OH is 1. The summed E-state index contributed by atoms with van der Waals surface area (Å²) in [5.74, 6) is -0.246. The van der Waals surface area contributed by atoms with Crippen LogP contribution in [0.2, 0.25) is 0 Å². The number of anilines is 1. The molecule has 6 rings (SSSR count). The lowest BCUT2D eigenvalue weighted by Gasteiger charge is -2.23. The summed E-state index contributed by atoms with van der Waals surface area (Å²) in [4.78, 5) is 33.7. The maximum Gasteiger partial charge on any atom is 0.301 e. The average molecular weight is 684 g/mol. The van der Waals surface area contributed by atoms with Crippen LogP contribution in [-0.4, -0.2) is 49.6 Å². The molecule has 10 nitrogen and oxygen atoms in total. The van der Waals surface area contributed by atoms with Crippen LogP contribution >= 0.6 is 23.1 Å². The van der Waals surface area contributed by atoms with E-state index < -0.39 is 17.7 Å². The van der Waals surface area contributed by atoms with Crippen molar-refractivity contribution in [2.45, 2.75) is 63.1 Å². The third kappa shape index (κ3) is 6.67. The number of benzene rings is 2. The Kier molecular flexibility index (Phi) is 10.1. The number of carbonyl (C=O) groups excluding carboxylic acids is 2. The molecule has 1 saturated heterocycles. The minimum atomic E-state index is -1.02. The monoisotopic (exact) mass is 683 g/mol. The zero-order valence-corrected chi connectivity index (χ0v) is 28.9. The van der Waals surface area contributed by atoms with Crippen LogP contribution in [-0.2, 0) is 15.3 Å². The molecular formula is C36H37N5O5S2. The van der Waals surface area contributed by atoms with Gasteiger partial charge in [-0.2, -0.15) is 0 Å². The molecule has 0 saturated carbocycles. The molecule has 0 bridgehead atoms. The van der Waals surface area contributed by atoms with Crippen LogP contribution in [0, 0.1) is 13.8 Å². The molecule has 48 heavy (non-hydrogen) atoms. The highest BCUT2D eigenvalue weighted by Crippen LogP contribution is 2.46. The summed E-state index contributed by atoms with van der Waals surface area (Å²) in [5.41, 5.74) is 4.24. The highest BCUT2D eigenvalue weighted by molar-refractivity contribution is 8.00. The summed E-state index contributed by atoms with van der Waals surface area (Å²) in [6, 6.07) is 18.1. The minimum Gasteiger partial charge on any atom is -0.505 e. The molecule has 4 heterocycles. The first kappa shape index (κ1) is 33.2. The number of unbranched alkanes of at least 4 members (excludes halogenated alkanes) is 2. The van der Waals surface area contributed by atoms with Crippen molar-refractivity contribution in [1.29, 1.82) is 0 Å². The van der Waals surface area contributed by atoms with Crippen molar-refractivity contribution in [2.24, 2.45) is 0 Å². The van der Waals surface area contributed by atoms with Gasteiger partial charge < -0.3 is 14.6 Å². The number of imidazole rings is 1. The number of thioether (sulfide) groups is 1. The van der Waals surface area contributed by atoms with Gasteiger partial charge in [-0.15, -0.1) is 10.2 Å². The maximum absolute atomic E-state index is 13.9. The van der Waals surface area contributed by atoms with Gasteiger partial charge in [0.05, 0.1) is 30.5 Å². The van der Waals surface area contributed by atoms with Crippen molar-refractivity contribution in [3.05, 3.63) is 101 Å². The van der Waals surface area contributed by atoms with Gasteiger partial charge in [-0.25, -0.2) is 4.98 Å². The van der Waals surface area contributed by atoms with Gasteiger partial charge in [0.15, 0.2) is 21.6 Å². The number of pyridine rings is 1. The van der Waals surface area contributed by atoms with E-state index in [4.69, 9.17) is 9.47 Å². The maximum atomic E-state index is 13.9. The van der Waals surface area contributed by atoms with E-state index in [0.29, 0.717) is 57.4 Å². The van der Waals surface area contributed by atoms with Crippen molar-refractivity contribution in [1.82, 2.24) is 19.6 Å². The van der Waals surface area contributed by atoms with E-state index >= 15 is 0 Å². The summed E-state index contributed by atoms with van der Waals surface area (Å²) in [6.45, 7) is 8.73. The summed E-state index contributed by atoms with van der Waals surface area (Å²) < 4.78 is 14.4. The van der Waals surface area contributed by atoms with Crippen LogP contribution in [0.5, 0.6) is 11.5 Å². The van der Waals surface area contributed by atoms with E-state index in [1.807, 2.05) is 32.0 Å². The van der Waals surface area contributed by atoms with Crippen molar-refractivity contribution in [3.8, 4) is 11.5 Å².